The summed E-state index contributed by atoms with van der Waals surface area (Å²) >= 11 is 0. The normalized spacial score (nSPS) is 12.1. The third-order valence-corrected chi connectivity index (χ3v) is 0.941. The van der Waals surface area contributed by atoms with E-state index in [0.29, 0.717) is 12.0 Å². The molecule has 0 heterocycles. The van der Waals surface area contributed by atoms with Crippen LogP contribution in [0.1, 0.15) is 20.3 Å². The maximum atomic E-state index is 10.6. The van der Waals surface area contributed by atoms with Crippen LogP contribution in [0.3, 0.4) is 0 Å². The van der Waals surface area contributed by atoms with E-state index in [1.807, 2.05) is 0 Å². The zero-order valence-electron chi connectivity index (χ0n) is 8.45. The van der Waals surface area contributed by atoms with Crippen molar-refractivity contribution in [3.05, 3.63) is 12.2 Å². The van der Waals surface area contributed by atoms with Crippen molar-refractivity contribution >= 4 is 13.8 Å². The molecule has 7 nitrogen and oxygen atoms in total. The molecule has 1 atom stereocenters. The van der Waals surface area contributed by atoms with Crippen molar-refractivity contribution in [3.63, 3.8) is 0 Å². The second-order valence-electron chi connectivity index (χ2n) is 2.56. The lowest BCUT2D eigenvalue weighted by Gasteiger charge is -2.08. The van der Waals surface area contributed by atoms with Crippen LogP contribution < -0.4 is 0 Å². The smallest absolute Gasteiger partial charge is 0.433 e. The van der Waals surface area contributed by atoms with Crippen LogP contribution in [-0.4, -0.2) is 32.0 Å². The molecule has 15 heavy (non-hydrogen) atoms. The summed E-state index contributed by atoms with van der Waals surface area (Å²) in [5.74, 6) is -0.547. The van der Waals surface area contributed by atoms with Crippen LogP contribution in [-0.2, 0) is 14.1 Å². The zero-order chi connectivity index (χ0) is 12.6. The maximum Gasteiger partial charge on any atom is 0.466 e. The quantitative estimate of drug-likeness (QED) is 0.236. The van der Waals surface area contributed by atoms with E-state index >= 15 is 0 Å². The number of esters is 1. The van der Waals surface area contributed by atoms with Gasteiger partial charge in [0.25, 0.3) is 0 Å². The third kappa shape index (κ3) is 19.6. The topological polar surface area (TPSA) is 124 Å². The van der Waals surface area contributed by atoms with Crippen LogP contribution >= 0.6 is 7.82 Å². The van der Waals surface area contributed by atoms with Gasteiger partial charge in [0, 0.05) is 12.0 Å². The largest absolute Gasteiger partial charge is 0.466 e. The first-order valence-corrected chi connectivity index (χ1v) is 5.47. The van der Waals surface area contributed by atoms with Crippen LogP contribution in [0.2, 0.25) is 0 Å². The molecule has 0 aromatic rings. The summed E-state index contributed by atoms with van der Waals surface area (Å²) in [5, 5.41) is 8.79. The average Bonchev–Trinajstić information content (AvgIpc) is 2.00. The molecule has 0 bridgehead atoms. The summed E-state index contributed by atoms with van der Waals surface area (Å²) in [5.41, 5.74) is 0.299. The highest BCUT2D eigenvalue weighted by Crippen LogP contribution is 2.25. The summed E-state index contributed by atoms with van der Waals surface area (Å²) in [7, 11) is -4.64. The molecule has 0 radical (unpaired) electrons. The molecule has 0 spiro atoms. The molecule has 0 saturated heterocycles. The van der Waals surface area contributed by atoms with Crippen LogP contribution in [0.5, 0.6) is 0 Å². The number of phosphoric acid groups is 1. The number of hydrogen-bond acceptors (Lipinski definition) is 4. The molecule has 0 aromatic heterocycles. The Morgan fingerprint density at radius 3 is 2.00 bits per heavy atom. The summed E-state index contributed by atoms with van der Waals surface area (Å²) in [6.45, 7) is 6.61. The van der Waals surface area contributed by atoms with Gasteiger partial charge in [-0.2, -0.15) is 0 Å². The molecule has 4 N–H and O–H groups in total. The van der Waals surface area contributed by atoms with Crippen molar-refractivity contribution < 1.29 is 33.9 Å². The van der Waals surface area contributed by atoms with Crippen LogP contribution in [0.25, 0.3) is 0 Å². The van der Waals surface area contributed by atoms with Gasteiger partial charge in [-0.15, -0.1) is 0 Å². The Morgan fingerprint density at radius 1 is 1.47 bits per heavy atom. The second-order valence-corrected chi connectivity index (χ2v) is 3.59. The van der Waals surface area contributed by atoms with Crippen LogP contribution in [0.4, 0.5) is 0 Å². The molecule has 90 valence electrons. The number of aliphatic hydroxyl groups is 1. The number of hydrogen-bond donors (Lipinski definition) is 4. The van der Waals surface area contributed by atoms with Gasteiger partial charge in [0.05, 0.1) is 0 Å². The molecule has 1 unspecified atom stereocenters. The lowest BCUT2D eigenvalue weighted by atomic mass is 10.3. The number of rotatable bonds is 3. The Morgan fingerprint density at radius 2 is 1.80 bits per heavy atom. The van der Waals surface area contributed by atoms with E-state index in [-0.39, 0.29) is 0 Å². The Bertz CT molecular complexity index is 248. The molecule has 0 fully saturated rings. The molecule has 0 saturated carbocycles. The van der Waals surface area contributed by atoms with E-state index in [1.165, 1.54) is 6.92 Å². The van der Waals surface area contributed by atoms with E-state index in [1.54, 1.807) is 6.92 Å². The number of carbonyl (C=O) groups excluding carboxylic acids is 1. The van der Waals surface area contributed by atoms with Gasteiger partial charge < -0.3 is 24.5 Å². The lowest BCUT2D eigenvalue weighted by molar-refractivity contribution is -0.162. The fourth-order valence-electron chi connectivity index (χ4n) is 0.307. The Hall–Kier alpha value is -0.720. The fourth-order valence-corrected chi connectivity index (χ4v) is 0.307. The minimum Gasteiger partial charge on any atom is -0.433 e. The Kier molecular flexibility index (Phi) is 8.41. The van der Waals surface area contributed by atoms with E-state index in [4.69, 9.17) is 24.4 Å². The Labute approximate surface area is 87.2 Å². The van der Waals surface area contributed by atoms with Crippen LogP contribution in [0, 0.1) is 0 Å². The monoisotopic (exact) mass is 242 g/mol. The highest BCUT2D eigenvalue weighted by molar-refractivity contribution is 7.45. The number of ether oxygens (including phenoxy) is 1. The molecular formula is C7H15O7P. The third-order valence-electron chi connectivity index (χ3n) is 0.941. The van der Waals surface area contributed by atoms with Crippen molar-refractivity contribution in [2.24, 2.45) is 0 Å². The maximum absolute atomic E-state index is 10.6. The van der Waals surface area contributed by atoms with Crippen molar-refractivity contribution in [1.29, 1.82) is 0 Å². The molecule has 0 aromatic carbocycles. The molecule has 0 aliphatic rings. The molecule has 0 aliphatic carbocycles. The minimum atomic E-state index is -4.64. The summed E-state index contributed by atoms with van der Waals surface area (Å²) < 4.78 is 13.4. The first-order chi connectivity index (χ1) is 6.57. The lowest BCUT2D eigenvalue weighted by Crippen LogP contribution is -2.16. The Balaban J connectivity index is 0. The van der Waals surface area contributed by atoms with Gasteiger partial charge in [0.2, 0.25) is 6.29 Å². The van der Waals surface area contributed by atoms with E-state index in [9.17, 15) is 4.79 Å². The van der Waals surface area contributed by atoms with Crippen molar-refractivity contribution in [2.45, 2.75) is 26.6 Å². The second kappa shape index (κ2) is 7.56. The van der Waals surface area contributed by atoms with E-state index < -0.39 is 20.1 Å². The van der Waals surface area contributed by atoms with Gasteiger partial charge in [-0.25, -0.2) is 9.36 Å². The number of carbonyl (C=O) groups is 1. The zero-order valence-corrected chi connectivity index (χ0v) is 9.35. The average molecular weight is 242 g/mol. The minimum absolute atomic E-state index is 0.299. The molecular weight excluding hydrogens is 227 g/mol. The standard InChI is InChI=1S/C7H12O3.H3O4P/c1-4-6(8)10-7(9)5(2)3;1-5(2,3)4/h6,8H,2,4H2,1,3H3;(H3,1,2,3,4). The summed E-state index contributed by atoms with van der Waals surface area (Å²) in [6.07, 6.45) is -0.594. The SMILES string of the molecule is C=C(C)C(=O)OC(O)CC.O=P(O)(O)O. The summed E-state index contributed by atoms with van der Waals surface area (Å²) in [6, 6.07) is 0. The number of aliphatic hydroxyl groups excluding tert-OH is 1. The molecule has 0 rings (SSSR count). The predicted octanol–water partition coefficient (Wildman–Crippen LogP) is -0.0945. The first-order valence-electron chi connectivity index (χ1n) is 3.90. The van der Waals surface area contributed by atoms with Crippen molar-refractivity contribution in [3.8, 4) is 0 Å². The van der Waals surface area contributed by atoms with Gasteiger partial charge in [-0.05, 0) is 6.92 Å². The first kappa shape index (κ1) is 16.7. The molecule has 8 heteroatoms. The molecule has 0 amide bonds. The van der Waals surface area contributed by atoms with Crippen molar-refractivity contribution in [1.82, 2.24) is 0 Å². The predicted molar refractivity (Wildman–Crippen MR) is 51.5 cm³/mol. The van der Waals surface area contributed by atoms with Crippen molar-refractivity contribution in [2.75, 3.05) is 0 Å². The van der Waals surface area contributed by atoms with Crippen LogP contribution in [0.15, 0.2) is 12.2 Å². The van der Waals surface area contributed by atoms with Gasteiger partial charge in [0.1, 0.15) is 0 Å². The van der Waals surface area contributed by atoms with Gasteiger partial charge in [-0.1, -0.05) is 13.5 Å². The van der Waals surface area contributed by atoms with E-state index in [2.05, 4.69) is 11.3 Å². The molecule has 0 aliphatic heterocycles. The van der Waals surface area contributed by atoms with Gasteiger partial charge in [-0.3, -0.25) is 0 Å². The fraction of sp³-hybridized carbons (Fsp3) is 0.571. The highest BCUT2D eigenvalue weighted by atomic mass is 31.2. The van der Waals surface area contributed by atoms with E-state index in [0.717, 1.165) is 0 Å². The summed E-state index contributed by atoms with van der Waals surface area (Å²) in [4.78, 5) is 32.2. The van der Waals surface area contributed by atoms with Gasteiger partial charge >= 0.3 is 13.8 Å². The highest BCUT2D eigenvalue weighted by Gasteiger charge is 2.08. The van der Waals surface area contributed by atoms with Gasteiger partial charge in [0.15, 0.2) is 0 Å².